The number of amides is 2. The van der Waals surface area contributed by atoms with E-state index in [-0.39, 0.29) is 11.8 Å². The van der Waals surface area contributed by atoms with Crippen LogP contribution in [0.1, 0.15) is 16.7 Å². The van der Waals surface area contributed by atoms with Crippen molar-refractivity contribution in [3.63, 3.8) is 0 Å². The molecule has 29 heavy (non-hydrogen) atoms. The van der Waals surface area contributed by atoms with Gasteiger partial charge in [-0.1, -0.05) is 60.2 Å². The van der Waals surface area contributed by atoms with Crippen molar-refractivity contribution >= 4 is 34.8 Å². The van der Waals surface area contributed by atoms with E-state index in [9.17, 15) is 14.0 Å². The van der Waals surface area contributed by atoms with Gasteiger partial charge in [-0.15, -0.1) is 11.8 Å². The number of hydrogen-bond acceptors (Lipinski definition) is 3. The zero-order valence-corrected chi connectivity index (χ0v) is 16.6. The van der Waals surface area contributed by atoms with Crippen LogP contribution in [0, 0.1) is 12.7 Å². The van der Waals surface area contributed by atoms with Crippen molar-refractivity contribution in [1.82, 2.24) is 0 Å². The number of nitrogens with zero attached hydrogens (tertiary/aromatic N) is 1. The first-order chi connectivity index (χ1) is 14.0. The number of hydrogen-bond donors (Lipinski definition) is 0. The van der Waals surface area contributed by atoms with E-state index in [1.807, 2.05) is 61.5 Å². The van der Waals surface area contributed by atoms with Crippen molar-refractivity contribution in [3.8, 4) is 0 Å². The molecular formula is C24H18FNO2S. The maximum Gasteiger partial charge on any atom is 0.272 e. The molecule has 0 aromatic heterocycles. The Labute approximate surface area is 172 Å². The van der Waals surface area contributed by atoms with E-state index in [1.165, 1.54) is 36.0 Å². The molecule has 2 amide bonds. The quantitative estimate of drug-likeness (QED) is 0.539. The molecule has 0 saturated heterocycles. The van der Waals surface area contributed by atoms with E-state index in [2.05, 4.69) is 0 Å². The van der Waals surface area contributed by atoms with Crippen LogP contribution < -0.4 is 4.90 Å². The van der Waals surface area contributed by atoms with Gasteiger partial charge in [-0.2, -0.15) is 0 Å². The number of imide groups is 1. The van der Waals surface area contributed by atoms with Gasteiger partial charge in [-0.25, -0.2) is 9.29 Å². The maximum atomic E-state index is 13.3. The van der Waals surface area contributed by atoms with Crippen LogP contribution in [0.4, 0.5) is 10.1 Å². The molecule has 0 fully saturated rings. The summed E-state index contributed by atoms with van der Waals surface area (Å²) in [4.78, 5) is 28.0. The Hall–Kier alpha value is -3.18. The Balaban J connectivity index is 1.74. The van der Waals surface area contributed by atoms with Crippen LogP contribution >= 0.6 is 11.8 Å². The lowest BCUT2D eigenvalue weighted by Gasteiger charge is -2.15. The van der Waals surface area contributed by atoms with Gasteiger partial charge in [0.05, 0.1) is 16.2 Å². The van der Waals surface area contributed by atoms with Crippen molar-refractivity contribution in [1.29, 1.82) is 0 Å². The number of benzene rings is 3. The van der Waals surface area contributed by atoms with Crippen LogP contribution in [0.2, 0.25) is 0 Å². The monoisotopic (exact) mass is 403 g/mol. The lowest BCUT2D eigenvalue weighted by Crippen LogP contribution is -2.31. The van der Waals surface area contributed by atoms with E-state index in [4.69, 9.17) is 0 Å². The standard InChI is InChI=1S/C24H18FNO2S/c1-16-7-9-18(10-8-16)21-22(29-15-17-5-3-2-4-6-17)24(28)26(23(21)27)20-13-11-19(25)12-14-20/h2-14H,15H2,1H3. The molecule has 0 bridgehead atoms. The van der Waals surface area contributed by atoms with Gasteiger partial charge in [0.15, 0.2) is 0 Å². The summed E-state index contributed by atoms with van der Waals surface area (Å²) in [6.45, 7) is 1.97. The highest BCUT2D eigenvalue weighted by Crippen LogP contribution is 2.39. The average molecular weight is 403 g/mol. The number of carbonyl (C=O) groups excluding carboxylic acids is 2. The smallest absolute Gasteiger partial charge is 0.268 e. The molecule has 0 unspecified atom stereocenters. The first kappa shape index (κ1) is 19.2. The summed E-state index contributed by atoms with van der Waals surface area (Å²) in [7, 11) is 0. The Morgan fingerprint density at radius 1 is 0.828 bits per heavy atom. The molecule has 144 valence electrons. The van der Waals surface area contributed by atoms with Gasteiger partial charge in [0.1, 0.15) is 5.82 Å². The predicted octanol–water partition coefficient (Wildman–Crippen LogP) is 5.35. The molecule has 3 aromatic carbocycles. The van der Waals surface area contributed by atoms with Crippen molar-refractivity contribution in [3.05, 3.63) is 106 Å². The largest absolute Gasteiger partial charge is 0.272 e. The SMILES string of the molecule is Cc1ccc(C2=C(SCc3ccccc3)C(=O)N(c3ccc(F)cc3)C2=O)cc1. The first-order valence-electron chi connectivity index (χ1n) is 9.17. The average Bonchev–Trinajstić information content (AvgIpc) is 2.98. The molecule has 3 aromatic rings. The number of carbonyl (C=O) groups is 2. The summed E-state index contributed by atoms with van der Waals surface area (Å²) >= 11 is 1.35. The third-order valence-corrected chi connectivity index (χ3v) is 5.84. The van der Waals surface area contributed by atoms with Crippen molar-refractivity contribution in [2.45, 2.75) is 12.7 Å². The minimum absolute atomic E-state index is 0.362. The molecule has 4 rings (SSSR count). The molecule has 0 saturated carbocycles. The summed E-state index contributed by atoms with van der Waals surface area (Å²) in [5.74, 6) is -0.612. The van der Waals surface area contributed by atoms with Gasteiger partial charge >= 0.3 is 0 Å². The Kier molecular flexibility index (Phi) is 5.32. The van der Waals surface area contributed by atoms with Crippen LogP contribution in [0.3, 0.4) is 0 Å². The predicted molar refractivity (Wildman–Crippen MR) is 115 cm³/mol. The van der Waals surface area contributed by atoms with Crippen LogP contribution in [0.25, 0.3) is 5.57 Å². The van der Waals surface area contributed by atoms with Gasteiger partial charge in [-0.3, -0.25) is 9.59 Å². The highest BCUT2D eigenvalue weighted by Gasteiger charge is 2.40. The summed E-state index contributed by atoms with van der Waals surface area (Å²) in [6, 6.07) is 22.7. The maximum absolute atomic E-state index is 13.3. The first-order valence-corrected chi connectivity index (χ1v) is 10.2. The summed E-state index contributed by atoms with van der Waals surface area (Å²) in [5.41, 5.74) is 3.59. The van der Waals surface area contributed by atoms with Crippen LogP contribution in [0.5, 0.6) is 0 Å². The van der Waals surface area contributed by atoms with Crippen molar-refractivity contribution in [2.24, 2.45) is 0 Å². The minimum atomic E-state index is -0.418. The minimum Gasteiger partial charge on any atom is -0.268 e. The number of halogens is 1. The topological polar surface area (TPSA) is 37.4 Å². The van der Waals surface area contributed by atoms with E-state index in [0.29, 0.717) is 27.5 Å². The Morgan fingerprint density at radius 2 is 1.48 bits per heavy atom. The molecule has 1 heterocycles. The number of aryl methyl sites for hydroxylation is 1. The second-order valence-corrected chi connectivity index (χ2v) is 7.75. The normalized spacial score (nSPS) is 14.1. The fourth-order valence-corrected chi connectivity index (χ4v) is 4.24. The third kappa shape index (κ3) is 3.87. The molecule has 0 atom stereocenters. The molecular weight excluding hydrogens is 385 g/mol. The van der Waals surface area contributed by atoms with Gasteiger partial charge in [0.25, 0.3) is 11.8 Å². The van der Waals surface area contributed by atoms with Gasteiger partial charge in [0.2, 0.25) is 0 Å². The third-order valence-electron chi connectivity index (χ3n) is 4.69. The van der Waals surface area contributed by atoms with E-state index >= 15 is 0 Å². The van der Waals surface area contributed by atoms with Crippen molar-refractivity contribution < 1.29 is 14.0 Å². The molecule has 0 spiro atoms. The van der Waals surface area contributed by atoms with Crippen molar-refractivity contribution in [2.75, 3.05) is 4.90 Å². The van der Waals surface area contributed by atoms with Crippen LogP contribution in [0.15, 0.2) is 83.8 Å². The summed E-state index contributed by atoms with van der Waals surface area (Å²) < 4.78 is 13.3. The highest BCUT2D eigenvalue weighted by atomic mass is 32.2. The van der Waals surface area contributed by atoms with Gasteiger partial charge < -0.3 is 0 Å². The Morgan fingerprint density at radius 3 is 2.14 bits per heavy atom. The second kappa shape index (κ2) is 8.05. The summed E-state index contributed by atoms with van der Waals surface area (Å²) in [5, 5.41) is 0. The van der Waals surface area contributed by atoms with Crippen LogP contribution in [-0.4, -0.2) is 11.8 Å². The fourth-order valence-electron chi connectivity index (χ4n) is 3.17. The van der Waals surface area contributed by atoms with E-state index in [0.717, 1.165) is 16.0 Å². The second-order valence-electron chi connectivity index (χ2n) is 6.77. The van der Waals surface area contributed by atoms with Gasteiger partial charge in [-0.05, 0) is 42.3 Å². The molecule has 0 aliphatic carbocycles. The molecule has 1 aliphatic heterocycles. The fraction of sp³-hybridized carbons (Fsp3) is 0.0833. The lowest BCUT2D eigenvalue weighted by molar-refractivity contribution is -0.119. The molecule has 0 radical (unpaired) electrons. The van der Waals surface area contributed by atoms with Crippen LogP contribution in [-0.2, 0) is 15.3 Å². The van der Waals surface area contributed by atoms with E-state index in [1.54, 1.807) is 0 Å². The zero-order chi connectivity index (χ0) is 20.4. The van der Waals surface area contributed by atoms with Gasteiger partial charge in [0, 0.05) is 5.75 Å². The number of rotatable bonds is 5. The molecule has 0 N–H and O–H groups in total. The van der Waals surface area contributed by atoms with E-state index < -0.39 is 5.82 Å². The highest BCUT2D eigenvalue weighted by molar-refractivity contribution is 8.03. The molecule has 1 aliphatic rings. The molecule has 5 heteroatoms. The Bertz CT molecular complexity index is 1090. The number of thioether (sulfide) groups is 1. The zero-order valence-electron chi connectivity index (χ0n) is 15.8. The number of anilines is 1. The summed E-state index contributed by atoms with van der Waals surface area (Å²) in [6.07, 6.45) is 0. The lowest BCUT2D eigenvalue weighted by atomic mass is 10.0. The molecule has 3 nitrogen and oxygen atoms in total.